The van der Waals surface area contributed by atoms with E-state index in [-0.39, 0.29) is 17.7 Å². The SMILES string of the molecule is CCCc1nnsc1C(=O)N1CCc2nc(NC(=O)C3CCC3)sc2C1. The van der Waals surface area contributed by atoms with Crippen LogP contribution in [0.25, 0.3) is 0 Å². The zero-order valence-electron chi connectivity index (χ0n) is 14.7. The lowest BCUT2D eigenvalue weighted by Gasteiger charge is -2.25. The Hall–Kier alpha value is -1.87. The van der Waals surface area contributed by atoms with Crippen molar-refractivity contribution in [1.82, 2.24) is 19.5 Å². The molecule has 2 aliphatic rings. The molecule has 138 valence electrons. The number of carbonyl (C=O) groups excluding carboxylic acids is 2. The first-order chi connectivity index (χ1) is 12.7. The average Bonchev–Trinajstić information content (AvgIpc) is 3.18. The second kappa shape index (κ2) is 7.40. The first kappa shape index (κ1) is 17.5. The molecule has 7 nitrogen and oxygen atoms in total. The largest absolute Gasteiger partial charge is 0.332 e. The van der Waals surface area contributed by atoms with Gasteiger partial charge in [0.05, 0.1) is 17.9 Å². The second-order valence-corrected chi connectivity index (χ2v) is 8.62. The Morgan fingerprint density at radius 2 is 2.19 bits per heavy atom. The summed E-state index contributed by atoms with van der Waals surface area (Å²) in [7, 11) is 0. The molecular weight excluding hydrogens is 370 g/mol. The number of thiazole rings is 1. The Morgan fingerprint density at radius 1 is 1.35 bits per heavy atom. The number of rotatable bonds is 5. The second-order valence-electron chi connectivity index (χ2n) is 6.78. The minimum atomic E-state index is 0.00236. The summed E-state index contributed by atoms with van der Waals surface area (Å²) in [6, 6.07) is 0. The summed E-state index contributed by atoms with van der Waals surface area (Å²) in [6.45, 7) is 3.24. The molecule has 2 amide bonds. The molecule has 0 atom stereocenters. The van der Waals surface area contributed by atoms with Crippen molar-refractivity contribution in [2.24, 2.45) is 5.92 Å². The van der Waals surface area contributed by atoms with Gasteiger partial charge < -0.3 is 10.2 Å². The molecule has 0 saturated heterocycles. The van der Waals surface area contributed by atoms with Crippen LogP contribution in [0.1, 0.15) is 58.5 Å². The van der Waals surface area contributed by atoms with Gasteiger partial charge in [-0.05, 0) is 30.8 Å². The Labute approximate surface area is 160 Å². The molecule has 0 bridgehead atoms. The normalized spacial score (nSPS) is 16.9. The number of hydrogen-bond donors (Lipinski definition) is 1. The molecular formula is C17H21N5O2S2. The van der Waals surface area contributed by atoms with Gasteiger partial charge in [0.25, 0.3) is 5.91 Å². The smallest absolute Gasteiger partial charge is 0.267 e. The zero-order valence-corrected chi connectivity index (χ0v) is 16.3. The summed E-state index contributed by atoms with van der Waals surface area (Å²) in [5.74, 6) is 0.225. The molecule has 1 aliphatic carbocycles. The number of nitrogens with zero attached hydrogens (tertiary/aromatic N) is 4. The van der Waals surface area contributed by atoms with Crippen LogP contribution in [0.3, 0.4) is 0 Å². The standard InChI is InChI=1S/C17H21N5O2S2/c1-2-4-12-14(26-21-20-12)16(24)22-8-7-11-13(9-22)25-17(18-11)19-15(23)10-5-3-6-10/h10H,2-9H2,1H3,(H,18,19,23). The highest BCUT2D eigenvalue weighted by molar-refractivity contribution is 7.15. The van der Waals surface area contributed by atoms with Gasteiger partial charge in [-0.3, -0.25) is 9.59 Å². The van der Waals surface area contributed by atoms with Gasteiger partial charge in [0, 0.05) is 23.8 Å². The summed E-state index contributed by atoms with van der Waals surface area (Å²) >= 11 is 2.66. The molecule has 0 spiro atoms. The molecule has 1 fully saturated rings. The van der Waals surface area contributed by atoms with Crippen molar-refractivity contribution >= 4 is 39.8 Å². The number of nitrogens with one attached hydrogen (secondary N) is 1. The number of aryl methyl sites for hydroxylation is 1. The van der Waals surface area contributed by atoms with E-state index in [0.29, 0.717) is 29.5 Å². The van der Waals surface area contributed by atoms with Crippen LogP contribution in [0, 0.1) is 5.92 Å². The number of fused-ring (bicyclic) bond motifs is 1. The van der Waals surface area contributed by atoms with Crippen LogP contribution >= 0.6 is 22.9 Å². The van der Waals surface area contributed by atoms with E-state index < -0.39 is 0 Å². The van der Waals surface area contributed by atoms with E-state index in [1.54, 1.807) is 0 Å². The number of hydrogen-bond acceptors (Lipinski definition) is 7. The predicted molar refractivity (Wildman–Crippen MR) is 100 cm³/mol. The van der Waals surface area contributed by atoms with Crippen LogP contribution in [0.15, 0.2) is 0 Å². The minimum Gasteiger partial charge on any atom is -0.332 e. The fourth-order valence-electron chi connectivity index (χ4n) is 3.22. The molecule has 2 aromatic heterocycles. The summed E-state index contributed by atoms with van der Waals surface area (Å²) in [6.07, 6.45) is 5.51. The van der Waals surface area contributed by atoms with Crippen molar-refractivity contribution in [3.63, 3.8) is 0 Å². The fraction of sp³-hybridized carbons (Fsp3) is 0.588. The van der Waals surface area contributed by atoms with Crippen molar-refractivity contribution < 1.29 is 9.59 Å². The number of aromatic nitrogens is 3. The van der Waals surface area contributed by atoms with Gasteiger partial charge in [0.15, 0.2) is 5.13 Å². The molecule has 3 heterocycles. The lowest BCUT2D eigenvalue weighted by Crippen LogP contribution is -2.35. The van der Waals surface area contributed by atoms with Gasteiger partial charge in [-0.15, -0.1) is 5.10 Å². The quantitative estimate of drug-likeness (QED) is 0.847. The van der Waals surface area contributed by atoms with Crippen molar-refractivity contribution in [2.45, 2.75) is 52.0 Å². The van der Waals surface area contributed by atoms with E-state index in [1.165, 1.54) is 22.9 Å². The molecule has 4 rings (SSSR count). The van der Waals surface area contributed by atoms with Crippen LogP contribution < -0.4 is 5.32 Å². The molecule has 1 aliphatic heterocycles. The van der Waals surface area contributed by atoms with E-state index >= 15 is 0 Å². The van der Waals surface area contributed by atoms with E-state index in [0.717, 1.165) is 48.4 Å². The third-order valence-corrected chi connectivity index (χ3v) is 6.72. The highest BCUT2D eigenvalue weighted by Crippen LogP contribution is 2.32. The third-order valence-electron chi connectivity index (χ3n) is 4.96. The lowest BCUT2D eigenvalue weighted by molar-refractivity contribution is -0.122. The Balaban J connectivity index is 1.44. The Kier molecular flexibility index (Phi) is 4.99. The summed E-state index contributed by atoms with van der Waals surface area (Å²) in [5, 5.41) is 7.70. The maximum absolute atomic E-state index is 12.9. The topological polar surface area (TPSA) is 88.1 Å². The molecule has 2 aromatic rings. The number of anilines is 1. The zero-order chi connectivity index (χ0) is 18.1. The first-order valence-corrected chi connectivity index (χ1v) is 10.6. The molecule has 1 N–H and O–H groups in total. The van der Waals surface area contributed by atoms with E-state index in [4.69, 9.17) is 0 Å². The van der Waals surface area contributed by atoms with Gasteiger partial charge in [-0.25, -0.2) is 4.98 Å². The summed E-state index contributed by atoms with van der Waals surface area (Å²) in [4.78, 5) is 33.1. The van der Waals surface area contributed by atoms with Gasteiger partial charge in [0.2, 0.25) is 5.91 Å². The molecule has 1 saturated carbocycles. The average molecular weight is 392 g/mol. The van der Waals surface area contributed by atoms with Crippen LogP contribution in [0.2, 0.25) is 0 Å². The molecule has 9 heteroatoms. The van der Waals surface area contributed by atoms with Crippen molar-refractivity contribution in [1.29, 1.82) is 0 Å². The van der Waals surface area contributed by atoms with Crippen LogP contribution in [0.4, 0.5) is 5.13 Å². The fourth-order valence-corrected chi connectivity index (χ4v) is 4.92. The molecule has 0 unspecified atom stereocenters. The van der Waals surface area contributed by atoms with Crippen molar-refractivity contribution in [3.05, 3.63) is 21.1 Å². The maximum Gasteiger partial charge on any atom is 0.267 e. The van der Waals surface area contributed by atoms with Gasteiger partial charge in [0.1, 0.15) is 4.88 Å². The minimum absolute atomic E-state index is 0.00236. The predicted octanol–water partition coefficient (Wildman–Crippen LogP) is 2.88. The van der Waals surface area contributed by atoms with Crippen molar-refractivity contribution in [3.8, 4) is 0 Å². The number of amides is 2. The molecule has 0 aromatic carbocycles. The van der Waals surface area contributed by atoms with Gasteiger partial charge in [-0.2, -0.15) is 0 Å². The number of carbonyl (C=O) groups is 2. The lowest BCUT2D eigenvalue weighted by atomic mass is 9.85. The maximum atomic E-state index is 12.9. The van der Waals surface area contributed by atoms with Gasteiger partial charge >= 0.3 is 0 Å². The van der Waals surface area contributed by atoms with E-state index in [9.17, 15) is 9.59 Å². The van der Waals surface area contributed by atoms with E-state index in [1.807, 2.05) is 4.90 Å². The van der Waals surface area contributed by atoms with Crippen LogP contribution in [0.5, 0.6) is 0 Å². The van der Waals surface area contributed by atoms with E-state index in [2.05, 4.69) is 26.8 Å². The van der Waals surface area contributed by atoms with Gasteiger partial charge in [-0.1, -0.05) is 35.6 Å². The van der Waals surface area contributed by atoms with Crippen LogP contribution in [-0.4, -0.2) is 37.8 Å². The molecule has 0 radical (unpaired) electrons. The highest BCUT2D eigenvalue weighted by atomic mass is 32.1. The summed E-state index contributed by atoms with van der Waals surface area (Å²) < 4.78 is 3.95. The summed E-state index contributed by atoms with van der Waals surface area (Å²) in [5.41, 5.74) is 1.80. The Morgan fingerprint density at radius 3 is 2.92 bits per heavy atom. The third kappa shape index (κ3) is 3.37. The first-order valence-electron chi connectivity index (χ1n) is 9.05. The monoisotopic (exact) mass is 391 g/mol. The van der Waals surface area contributed by atoms with Crippen LogP contribution in [-0.2, 0) is 24.2 Å². The highest BCUT2D eigenvalue weighted by Gasteiger charge is 2.29. The van der Waals surface area contributed by atoms with Crippen molar-refractivity contribution in [2.75, 3.05) is 11.9 Å². The Bertz CT molecular complexity index is 827. The molecule has 26 heavy (non-hydrogen) atoms.